The van der Waals surface area contributed by atoms with E-state index in [9.17, 15) is 19.5 Å². The number of fused-ring (bicyclic) bond motifs is 3. The maximum atomic E-state index is 14.9. The smallest absolute Gasteiger partial charge is 0.184 e. The molecular formula is C31H46O5. The van der Waals surface area contributed by atoms with E-state index in [1.165, 1.54) is 5.57 Å². The Bertz CT molecular complexity index is 1040. The van der Waals surface area contributed by atoms with E-state index in [2.05, 4.69) is 6.08 Å². The Morgan fingerprint density at radius 1 is 1.14 bits per heavy atom. The molecule has 0 aromatic heterocycles. The minimum atomic E-state index is -1.76. The van der Waals surface area contributed by atoms with E-state index in [0.29, 0.717) is 37.0 Å². The molecule has 5 nitrogen and oxygen atoms in total. The minimum absolute atomic E-state index is 0.0774. The van der Waals surface area contributed by atoms with Gasteiger partial charge >= 0.3 is 0 Å². The SMILES string of the molecule is CCC(C)C(=O)[C@]12C(=O)C3=C(O[C@@H](C(C)(C)O)C3)[C@@](CC=C(C)C)(C[C@@H](CC=C(C)C)C1(C)C)C2=O. The first-order chi connectivity index (χ1) is 16.5. The zero-order chi connectivity index (χ0) is 27.4. The number of hydrogen-bond donors (Lipinski definition) is 1. The maximum Gasteiger partial charge on any atom is 0.184 e. The summed E-state index contributed by atoms with van der Waals surface area (Å²) < 4.78 is 6.38. The highest BCUT2D eigenvalue weighted by atomic mass is 16.5. The normalized spacial score (nSPS) is 32.0. The number of carbonyl (C=O) groups is 3. The molecule has 0 spiro atoms. The third-order valence-electron chi connectivity index (χ3n) is 9.22. The minimum Gasteiger partial charge on any atom is -0.490 e. The molecule has 3 rings (SSSR count). The van der Waals surface area contributed by atoms with Gasteiger partial charge in [0, 0.05) is 17.9 Å². The highest BCUT2D eigenvalue weighted by Gasteiger charge is 2.76. The fourth-order valence-corrected chi connectivity index (χ4v) is 6.57. The van der Waals surface area contributed by atoms with Crippen LogP contribution in [-0.4, -0.2) is 34.2 Å². The van der Waals surface area contributed by atoms with Crippen LogP contribution < -0.4 is 0 Å². The van der Waals surface area contributed by atoms with Crippen LogP contribution in [0.5, 0.6) is 0 Å². The van der Waals surface area contributed by atoms with E-state index < -0.39 is 33.9 Å². The third kappa shape index (κ3) is 4.06. The molecule has 2 bridgehead atoms. The molecule has 1 N–H and O–H groups in total. The van der Waals surface area contributed by atoms with Gasteiger partial charge in [-0.05, 0) is 78.6 Å². The van der Waals surface area contributed by atoms with E-state index in [1.54, 1.807) is 13.8 Å². The molecule has 1 aliphatic heterocycles. The van der Waals surface area contributed by atoms with Crippen molar-refractivity contribution in [3.8, 4) is 0 Å². The molecule has 2 aliphatic carbocycles. The molecule has 0 amide bonds. The van der Waals surface area contributed by atoms with Gasteiger partial charge in [0.25, 0.3) is 0 Å². The van der Waals surface area contributed by atoms with E-state index in [-0.39, 0.29) is 29.7 Å². The highest BCUT2D eigenvalue weighted by molar-refractivity contribution is 6.33. The van der Waals surface area contributed by atoms with Crippen molar-refractivity contribution >= 4 is 17.3 Å². The van der Waals surface area contributed by atoms with Gasteiger partial charge in [-0.1, -0.05) is 51.0 Å². The molecule has 0 saturated heterocycles. The lowest BCUT2D eigenvalue weighted by Gasteiger charge is -2.59. The molecule has 1 unspecified atom stereocenters. The van der Waals surface area contributed by atoms with Crippen molar-refractivity contribution in [2.45, 2.75) is 113 Å². The van der Waals surface area contributed by atoms with Crippen LogP contribution in [0.1, 0.15) is 101 Å². The van der Waals surface area contributed by atoms with Crippen molar-refractivity contribution < 1.29 is 24.2 Å². The first-order valence-corrected chi connectivity index (χ1v) is 13.5. The summed E-state index contributed by atoms with van der Waals surface area (Å²) >= 11 is 0. The lowest BCUT2D eigenvalue weighted by Crippen LogP contribution is -2.70. The van der Waals surface area contributed by atoms with Crippen molar-refractivity contribution in [3.05, 3.63) is 34.6 Å². The number of aliphatic hydroxyl groups is 1. The summed E-state index contributed by atoms with van der Waals surface area (Å²) in [6, 6.07) is 0. The predicted molar refractivity (Wildman–Crippen MR) is 142 cm³/mol. The van der Waals surface area contributed by atoms with Crippen LogP contribution in [0.3, 0.4) is 0 Å². The van der Waals surface area contributed by atoms with E-state index in [4.69, 9.17) is 4.74 Å². The van der Waals surface area contributed by atoms with Gasteiger partial charge in [0.2, 0.25) is 0 Å². The van der Waals surface area contributed by atoms with Gasteiger partial charge in [0.05, 0.1) is 11.0 Å². The quantitative estimate of drug-likeness (QED) is 0.314. The number of rotatable bonds is 8. The Balaban J connectivity index is 2.39. The summed E-state index contributed by atoms with van der Waals surface area (Å²) in [5.41, 5.74) is -2.25. The van der Waals surface area contributed by atoms with Crippen molar-refractivity contribution in [3.63, 3.8) is 0 Å². The monoisotopic (exact) mass is 498 g/mol. The number of allylic oxidation sites excluding steroid dienone is 5. The van der Waals surface area contributed by atoms with Crippen LogP contribution in [0.25, 0.3) is 0 Å². The molecule has 36 heavy (non-hydrogen) atoms. The van der Waals surface area contributed by atoms with Crippen molar-refractivity contribution in [2.75, 3.05) is 0 Å². The maximum absolute atomic E-state index is 14.9. The van der Waals surface area contributed by atoms with E-state index >= 15 is 0 Å². The zero-order valence-corrected chi connectivity index (χ0v) is 24.0. The van der Waals surface area contributed by atoms with Crippen molar-refractivity contribution in [1.29, 1.82) is 0 Å². The topological polar surface area (TPSA) is 80.7 Å². The number of ketones is 3. The molecule has 5 heteroatoms. The van der Waals surface area contributed by atoms with Crippen LogP contribution in [0, 0.1) is 28.1 Å². The second-order valence-electron chi connectivity index (χ2n) is 13.1. The highest BCUT2D eigenvalue weighted by Crippen LogP contribution is 2.67. The molecule has 0 radical (unpaired) electrons. The molecule has 200 valence electrons. The average molecular weight is 499 g/mol. The second kappa shape index (κ2) is 9.38. The first kappa shape index (κ1) is 28.6. The first-order valence-electron chi connectivity index (χ1n) is 13.5. The number of hydrogen-bond acceptors (Lipinski definition) is 5. The largest absolute Gasteiger partial charge is 0.490 e. The van der Waals surface area contributed by atoms with Crippen molar-refractivity contribution in [1.82, 2.24) is 0 Å². The predicted octanol–water partition coefficient (Wildman–Crippen LogP) is 6.30. The standard InChI is InChI=1S/C31H46O5/c1-11-20(6)24(32)31-25(33)22-16-23(29(9,10)35)36-26(22)30(27(31)34,15-14-19(4)5)17-21(28(31,7)8)13-12-18(2)3/h12,14,20-21,23,35H,11,13,15-17H2,1-10H3/t20?,21-,23-,30-,31-/m1/s1. The lowest BCUT2D eigenvalue weighted by atomic mass is 9.39. The molecule has 3 aliphatic rings. The molecule has 0 aromatic carbocycles. The molecule has 5 atom stereocenters. The fourth-order valence-electron chi connectivity index (χ4n) is 6.57. The Morgan fingerprint density at radius 2 is 1.72 bits per heavy atom. The Labute approximate surface area is 217 Å². The van der Waals surface area contributed by atoms with E-state index in [0.717, 1.165) is 5.57 Å². The van der Waals surface area contributed by atoms with Crippen molar-refractivity contribution in [2.24, 2.45) is 28.1 Å². The van der Waals surface area contributed by atoms with Crippen LogP contribution in [0.15, 0.2) is 34.6 Å². The van der Waals surface area contributed by atoms with Gasteiger partial charge < -0.3 is 9.84 Å². The molecule has 1 heterocycles. The molecule has 0 aromatic rings. The number of ether oxygens (including phenoxy) is 1. The zero-order valence-electron chi connectivity index (χ0n) is 24.0. The average Bonchev–Trinajstić information content (AvgIpc) is 3.23. The van der Waals surface area contributed by atoms with Gasteiger partial charge in [0.15, 0.2) is 22.8 Å². The summed E-state index contributed by atoms with van der Waals surface area (Å²) in [6.45, 7) is 19.1. The van der Waals surface area contributed by atoms with Gasteiger partial charge in [-0.2, -0.15) is 0 Å². The molecule has 1 fully saturated rings. The summed E-state index contributed by atoms with van der Waals surface area (Å²) in [5.74, 6) is -1.03. The van der Waals surface area contributed by atoms with Crippen LogP contribution in [-0.2, 0) is 19.1 Å². The second-order valence-corrected chi connectivity index (χ2v) is 13.1. The Kier molecular flexibility index (Phi) is 7.44. The van der Waals surface area contributed by atoms with Crippen LogP contribution in [0.4, 0.5) is 0 Å². The van der Waals surface area contributed by atoms with E-state index in [1.807, 2.05) is 61.5 Å². The lowest BCUT2D eigenvalue weighted by molar-refractivity contribution is -0.178. The summed E-state index contributed by atoms with van der Waals surface area (Å²) in [6.07, 6.45) is 5.90. The summed E-state index contributed by atoms with van der Waals surface area (Å²) in [7, 11) is 0. The number of carbonyl (C=O) groups excluding carboxylic acids is 3. The van der Waals surface area contributed by atoms with Crippen LogP contribution in [0.2, 0.25) is 0 Å². The van der Waals surface area contributed by atoms with Gasteiger partial charge in [-0.25, -0.2) is 0 Å². The van der Waals surface area contributed by atoms with Gasteiger partial charge in [-0.3, -0.25) is 14.4 Å². The van der Waals surface area contributed by atoms with Crippen LogP contribution >= 0.6 is 0 Å². The third-order valence-corrected chi connectivity index (χ3v) is 9.22. The number of Topliss-reactive ketones (excluding diaryl/α,β-unsaturated/α-hetero) is 3. The Hall–Kier alpha value is -2.01. The summed E-state index contributed by atoms with van der Waals surface area (Å²) in [5, 5.41) is 10.8. The molecular weight excluding hydrogens is 452 g/mol. The Morgan fingerprint density at radius 3 is 2.22 bits per heavy atom. The molecule has 1 saturated carbocycles. The van der Waals surface area contributed by atoms with Gasteiger partial charge in [0.1, 0.15) is 11.9 Å². The van der Waals surface area contributed by atoms with Gasteiger partial charge in [-0.15, -0.1) is 0 Å². The summed E-state index contributed by atoms with van der Waals surface area (Å²) in [4.78, 5) is 43.8. The fraction of sp³-hybridized carbons (Fsp3) is 0.710.